The molecular weight excluding hydrogens is 480 g/mol. The molecule has 0 spiro atoms. The van der Waals surface area contributed by atoms with E-state index in [4.69, 9.17) is 9.98 Å². The molecule has 5 heteroatoms. The van der Waals surface area contributed by atoms with Crippen molar-refractivity contribution >= 4 is 29.4 Å². The normalized spacial score (nSPS) is 21.8. The molecule has 0 amide bonds. The monoisotopic (exact) mass is 522 g/mol. The number of carbonyl (C=O) groups is 1. The first-order valence-corrected chi connectivity index (χ1v) is 14.7. The van der Waals surface area contributed by atoms with Gasteiger partial charge in [0.1, 0.15) is 11.4 Å². The van der Waals surface area contributed by atoms with E-state index in [9.17, 15) is 4.79 Å². The molecule has 0 fully saturated rings. The lowest BCUT2D eigenvalue weighted by molar-refractivity contribution is -0.107. The van der Waals surface area contributed by atoms with Gasteiger partial charge in [0.2, 0.25) is 5.78 Å². The van der Waals surface area contributed by atoms with Crippen LogP contribution in [0.1, 0.15) is 119 Å². The summed E-state index contributed by atoms with van der Waals surface area (Å²) in [6, 6.07) is 0. The van der Waals surface area contributed by atoms with Crippen molar-refractivity contribution in [2.75, 3.05) is 0 Å². The van der Waals surface area contributed by atoms with Gasteiger partial charge in [0, 0.05) is 28.7 Å². The minimum atomic E-state index is -0.0644. The van der Waals surface area contributed by atoms with Crippen LogP contribution in [0.3, 0.4) is 0 Å². The van der Waals surface area contributed by atoms with Crippen LogP contribution < -0.4 is 0 Å². The number of aliphatic imine (C=N–C) groups is 2. The van der Waals surface area contributed by atoms with Gasteiger partial charge in [-0.15, -0.1) is 0 Å². The van der Waals surface area contributed by atoms with Crippen molar-refractivity contribution in [3.8, 4) is 0 Å². The molecule has 8 bridgehead atoms. The summed E-state index contributed by atoms with van der Waals surface area (Å²) in [5.41, 5.74) is 17.1. The first-order valence-electron chi connectivity index (χ1n) is 14.7. The molecule has 0 saturated carbocycles. The number of hydrogen-bond acceptors (Lipinski definition) is 3. The second kappa shape index (κ2) is 10.3. The zero-order valence-corrected chi connectivity index (χ0v) is 25.1. The van der Waals surface area contributed by atoms with Gasteiger partial charge in [0.15, 0.2) is 0 Å². The van der Waals surface area contributed by atoms with Gasteiger partial charge in [0.05, 0.1) is 11.4 Å². The van der Waals surface area contributed by atoms with E-state index in [1.54, 1.807) is 0 Å². The quantitative estimate of drug-likeness (QED) is 0.408. The molecule has 39 heavy (non-hydrogen) atoms. The van der Waals surface area contributed by atoms with Crippen LogP contribution in [0, 0.1) is 13.8 Å². The number of aromatic amines is 2. The lowest BCUT2D eigenvalue weighted by Crippen LogP contribution is -2.25. The molecule has 2 aromatic rings. The van der Waals surface area contributed by atoms with Crippen molar-refractivity contribution < 1.29 is 4.79 Å². The molecule has 3 aliphatic rings. The maximum Gasteiger partial charge on any atom is 0.230 e. The molecule has 0 aromatic carbocycles. The zero-order chi connectivity index (χ0) is 28.2. The summed E-state index contributed by atoms with van der Waals surface area (Å²) in [6.45, 7) is 19.6. The van der Waals surface area contributed by atoms with Gasteiger partial charge in [0.25, 0.3) is 0 Å². The molecule has 0 unspecified atom stereocenters. The van der Waals surface area contributed by atoms with Crippen LogP contribution >= 0.6 is 0 Å². The summed E-state index contributed by atoms with van der Waals surface area (Å²) in [6.07, 6.45) is 8.67. The Morgan fingerprint density at radius 1 is 0.667 bits per heavy atom. The highest BCUT2D eigenvalue weighted by Crippen LogP contribution is 2.39. The molecule has 3 aliphatic heterocycles. The molecule has 0 atom stereocenters. The van der Waals surface area contributed by atoms with Crippen molar-refractivity contribution in [3.63, 3.8) is 0 Å². The fourth-order valence-electron chi connectivity index (χ4n) is 6.88. The summed E-state index contributed by atoms with van der Waals surface area (Å²) in [5.74, 6) is 0.163. The first-order chi connectivity index (χ1) is 18.7. The first kappa shape index (κ1) is 27.1. The number of rotatable bonds is 5. The number of aromatic nitrogens is 2. The Balaban J connectivity index is 1.86. The van der Waals surface area contributed by atoms with Gasteiger partial charge in [-0.1, -0.05) is 34.6 Å². The fourth-order valence-corrected chi connectivity index (χ4v) is 6.88. The predicted molar refractivity (Wildman–Crippen MR) is 164 cm³/mol. The van der Waals surface area contributed by atoms with E-state index in [-0.39, 0.29) is 11.7 Å². The van der Waals surface area contributed by atoms with Crippen LogP contribution in [0.15, 0.2) is 43.7 Å². The largest absolute Gasteiger partial charge is 0.358 e. The van der Waals surface area contributed by atoms with E-state index in [0.717, 1.165) is 77.2 Å². The summed E-state index contributed by atoms with van der Waals surface area (Å²) in [4.78, 5) is 31.7. The highest BCUT2D eigenvalue weighted by atomic mass is 16.1. The predicted octanol–water partition coefficient (Wildman–Crippen LogP) is 8.25. The van der Waals surface area contributed by atoms with Crippen LogP contribution in [0.25, 0.3) is 12.2 Å². The third kappa shape index (κ3) is 4.09. The van der Waals surface area contributed by atoms with Gasteiger partial charge >= 0.3 is 0 Å². The molecule has 2 N–H and O–H groups in total. The number of ketones is 1. The Bertz CT molecular complexity index is 1460. The second-order valence-corrected chi connectivity index (χ2v) is 11.0. The van der Waals surface area contributed by atoms with Crippen LogP contribution in [0.5, 0.6) is 0 Å². The topological polar surface area (TPSA) is 73.4 Å². The van der Waals surface area contributed by atoms with Crippen molar-refractivity contribution in [1.82, 2.24) is 9.97 Å². The van der Waals surface area contributed by atoms with E-state index in [1.807, 2.05) is 0 Å². The van der Waals surface area contributed by atoms with Crippen LogP contribution in [-0.2, 0) is 17.6 Å². The van der Waals surface area contributed by atoms with E-state index < -0.39 is 0 Å². The SMILES string of the molecule is CCC1=C(C)/C2=C/c3[nH]c(c(C)c3CC)C(CC)c3[nH]c(c(CC)c3C)/C=C3\N=C(C(=O)C1=N2)C(CC)=C3C. The average molecular weight is 523 g/mol. The summed E-state index contributed by atoms with van der Waals surface area (Å²) >= 11 is 0. The summed E-state index contributed by atoms with van der Waals surface area (Å²) < 4.78 is 0. The molecule has 0 aliphatic carbocycles. The van der Waals surface area contributed by atoms with Gasteiger partial charge in [-0.2, -0.15) is 0 Å². The molecule has 0 radical (unpaired) electrons. The van der Waals surface area contributed by atoms with Crippen molar-refractivity contribution in [3.05, 3.63) is 78.7 Å². The third-order valence-electron chi connectivity index (χ3n) is 9.12. The molecule has 204 valence electrons. The number of allylic oxidation sites excluding steroid dienone is 4. The van der Waals surface area contributed by atoms with Gasteiger partial charge in [-0.25, -0.2) is 9.98 Å². The number of nitrogens with zero attached hydrogens (tertiary/aromatic N) is 2. The standard InChI is InChI=1S/C34H42N4O/c1-10-21-19(8)30-25(14-5)31-20(9)22(11-2)29(38-31)16-27-18(7)24(13-4)33(36-27)34(39)32-23(12-3)17(6)26(35-32)15-28(21)37-30/h15-16,25,37-38H,10-14H2,1-9H3/b26-15-,27-16-. The van der Waals surface area contributed by atoms with E-state index >= 15 is 0 Å². The van der Waals surface area contributed by atoms with E-state index in [2.05, 4.69) is 84.4 Å². The number of hydrogen-bond donors (Lipinski definition) is 2. The molecular formula is C34H42N4O. The van der Waals surface area contributed by atoms with E-state index in [0.29, 0.717) is 11.4 Å². The van der Waals surface area contributed by atoms with Crippen molar-refractivity contribution in [1.29, 1.82) is 0 Å². The highest BCUT2D eigenvalue weighted by Gasteiger charge is 2.34. The second-order valence-electron chi connectivity index (χ2n) is 11.0. The summed E-state index contributed by atoms with van der Waals surface area (Å²) in [7, 11) is 0. The van der Waals surface area contributed by atoms with Crippen molar-refractivity contribution in [2.24, 2.45) is 9.98 Å². The number of fused-ring (bicyclic) bond motifs is 6. The van der Waals surface area contributed by atoms with Crippen LogP contribution in [-0.4, -0.2) is 27.2 Å². The molecule has 2 aromatic heterocycles. The Morgan fingerprint density at radius 2 is 1.08 bits per heavy atom. The number of H-pyrrole nitrogens is 2. The maximum absolute atomic E-state index is 14.1. The lowest BCUT2D eigenvalue weighted by atomic mass is 9.91. The Kier molecular flexibility index (Phi) is 7.13. The molecule has 5 rings (SSSR count). The average Bonchev–Trinajstić information content (AvgIpc) is 3.61. The lowest BCUT2D eigenvalue weighted by Gasteiger charge is -2.16. The minimum Gasteiger partial charge on any atom is -0.358 e. The van der Waals surface area contributed by atoms with Crippen molar-refractivity contribution in [2.45, 2.75) is 100 Å². The highest BCUT2D eigenvalue weighted by molar-refractivity contribution is 6.73. The molecule has 5 heterocycles. The van der Waals surface area contributed by atoms with Crippen LogP contribution in [0.2, 0.25) is 0 Å². The fraction of sp³-hybridized carbons (Fsp3) is 0.441. The molecule has 0 saturated heterocycles. The Labute approximate surface area is 233 Å². The zero-order valence-electron chi connectivity index (χ0n) is 25.1. The third-order valence-corrected chi connectivity index (χ3v) is 9.12. The maximum atomic E-state index is 14.1. The number of nitrogens with one attached hydrogen (secondary N) is 2. The molecule has 5 nitrogen and oxygen atoms in total. The summed E-state index contributed by atoms with van der Waals surface area (Å²) in [5, 5.41) is 0. The van der Waals surface area contributed by atoms with Gasteiger partial charge < -0.3 is 9.97 Å². The minimum absolute atomic E-state index is 0.0644. The van der Waals surface area contributed by atoms with E-state index in [1.165, 1.54) is 33.6 Å². The number of Topliss-reactive ketones (excluding diaryl/α,β-unsaturated/α-hetero) is 1. The smallest absolute Gasteiger partial charge is 0.230 e. The Morgan fingerprint density at radius 3 is 1.41 bits per heavy atom. The Hall–Kier alpha value is -3.47. The number of carbonyl (C=O) groups excluding carboxylic acids is 1. The van der Waals surface area contributed by atoms with Crippen LogP contribution in [0.4, 0.5) is 0 Å². The van der Waals surface area contributed by atoms with Gasteiger partial charge in [-0.05, 0) is 116 Å². The van der Waals surface area contributed by atoms with Gasteiger partial charge in [-0.3, -0.25) is 4.79 Å².